The summed E-state index contributed by atoms with van der Waals surface area (Å²) in [4.78, 5) is 0. The highest BCUT2D eigenvalue weighted by Gasteiger charge is 2.22. The molecule has 0 radical (unpaired) electrons. The Morgan fingerprint density at radius 2 is 1.40 bits per heavy atom. The summed E-state index contributed by atoms with van der Waals surface area (Å²) in [6.45, 7) is 2.67. The van der Waals surface area contributed by atoms with E-state index in [1.807, 2.05) is 0 Å². The molecule has 0 saturated heterocycles. The van der Waals surface area contributed by atoms with E-state index in [9.17, 15) is 17.6 Å². The van der Waals surface area contributed by atoms with Gasteiger partial charge in [0.25, 0.3) is 0 Å². The smallest absolute Gasteiger partial charge is 0.189 e. The van der Waals surface area contributed by atoms with E-state index >= 15 is 0 Å². The molecule has 0 saturated carbocycles. The molecule has 1 rings (SSSR count). The van der Waals surface area contributed by atoms with Crippen LogP contribution in [-0.2, 0) is 0 Å². The molecule has 1 aromatic carbocycles. The van der Waals surface area contributed by atoms with Gasteiger partial charge in [0.1, 0.15) is 0 Å². The average molecular weight is 220 g/mol. The van der Waals surface area contributed by atoms with Gasteiger partial charge in [-0.3, -0.25) is 0 Å². The van der Waals surface area contributed by atoms with Crippen molar-refractivity contribution in [3.05, 3.63) is 28.8 Å². The van der Waals surface area contributed by atoms with Gasteiger partial charge in [-0.1, -0.05) is 0 Å². The molecule has 0 heterocycles. The van der Waals surface area contributed by atoms with E-state index in [-0.39, 0.29) is 6.54 Å². The van der Waals surface area contributed by atoms with E-state index in [1.165, 1.54) is 0 Å². The number of hydrogen-bond acceptors (Lipinski definition) is 2. The van der Waals surface area contributed by atoms with Crippen molar-refractivity contribution in [1.29, 1.82) is 0 Å². The van der Waals surface area contributed by atoms with Crippen LogP contribution in [0.1, 0.15) is 12.5 Å². The van der Waals surface area contributed by atoms with E-state index in [0.717, 1.165) is 6.92 Å². The van der Waals surface area contributed by atoms with Gasteiger partial charge in [-0.15, -0.1) is 5.11 Å². The van der Waals surface area contributed by atoms with Crippen LogP contribution in [0.4, 0.5) is 23.2 Å². The summed E-state index contributed by atoms with van der Waals surface area (Å²) < 4.78 is 52.1. The highest BCUT2D eigenvalue weighted by molar-refractivity contribution is 5.43. The first-order valence-corrected chi connectivity index (χ1v) is 4.20. The molecule has 0 amide bonds. The highest BCUT2D eigenvalue weighted by atomic mass is 19.2. The number of azo groups is 1. The summed E-state index contributed by atoms with van der Waals surface area (Å²) in [5.74, 6) is -5.94. The predicted octanol–water partition coefficient (Wildman–Crippen LogP) is 3.66. The maximum atomic E-state index is 13.1. The molecule has 0 bridgehead atoms. The monoisotopic (exact) mass is 220 g/mol. The number of rotatable bonds is 2. The van der Waals surface area contributed by atoms with Crippen LogP contribution in [0.25, 0.3) is 0 Å². The van der Waals surface area contributed by atoms with Crippen LogP contribution in [0.5, 0.6) is 0 Å². The van der Waals surface area contributed by atoms with Gasteiger partial charge in [0.15, 0.2) is 29.0 Å². The van der Waals surface area contributed by atoms with E-state index < -0.39 is 34.5 Å². The zero-order chi connectivity index (χ0) is 11.6. The van der Waals surface area contributed by atoms with E-state index in [1.54, 1.807) is 6.92 Å². The standard InChI is InChI=1S/C9H8F4N2/c1-3-14-15-9-7(12)5(10)4(2)6(11)8(9)13/h3H2,1-2H3. The van der Waals surface area contributed by atoms with Crippen LogP contribution in [-0.4, -0.2) is 6.54 Å². The molecule has 0 aliphatic rings. The molecule has 1 aromatic rings. The molecule has 0 aromatic heterocycles. The Bertz CT molecular complexity index is 386. The SMILES string of the molecule is CCN=Nc1c(F)c(F)c(C)c(F)c1F. The Hall–Kier alpha value is -1.46. The van der Waals surface area contributed by atoms with Gasteiger partial charge in [0.2, 0.25) is 0 Å². The third kappa shape index (κ3) is 1.98. The second-order valence-electron chi connectivity index (χ2n) is 2.79. The molecule has 0 aliphatic heterocycles. The summed E-state index contributed by atoms with van der Waals surface area (Å²) >= 11 is 0. The third-order valence-electron chi connectivity index (χ3n) is 1.77. The second kappa shape index (κ2) is 4.37. The Morgan fingerprint density at radius 1 is 0.933 bits per heavy atom. The summed E-state index contributed by atoms with van der Waals surface area (Å²) in [5.41, 5.74) is -1.74. The second-order valence-corrected chi connectivity index (χ2v) is 2.79. The molecule has 0 N–H and O–H groups in total. The van der Waals surface area contributed by atoms with Crippen LogP contribution >= 0.6 is 0 Å². The van der Waals surface area contributed by atoms with E-state index in [2.05, 4.69) is 10.2 Å². The van der Waals surface area contributed by atoms with Gasteiger partial charge in [-0.25, -0.2) is 17.6 Å². The Morgan fingerprint density at radius 3 is 1.80 bits per heavy atom. The van der Waals surface area contributed by atoms with Crippen molar-refractivity contribution in [2.24, 2.45) is 10.2 Å². The van der Waals surface area contributed by atoms with Crippen LogP contribution in [0.3, 0.4) is 0 Å². The Balaban J connectivity index is 3.45. The lowest BCUT2D eigenvalue weighted by molar-refractivity contribution is 0.447. The molecule has 82 valence electrons. The van der Waals surface area contributed by atoms with Crippen molar-refractivity contribution < 1.29 is 17.6 Å². The van der Waals surface area contributed by atoms with Gasteiger partial charge < -0.3 is 0 Å². The van der Waals surface area contributed by atoms with Gasteiger partial charge >= 0.3 is 0 Å². The quantitative estimate of drug-likeness (QED) is 0.413. The van der Waals surface area contributed by atoms with E-state index in [4.69, 9.17) is 0 Å². The summed E-state index contributed by atoms with van der Waals surface area (Å²) in [6.07, 6.45) is 0. The van der Waals surface area contributed by atoms with Crippen molar-refractivity contribution >= 4 is 5.69 Å². The van der Waals surface area contributed by atoms with Crippen LogP contribution < -0.4 is 0 Å². The molecular weight excluding hydrogens is 212 g/mol. The fourth-order valence-electron chi connectivity index (χ4n) is 0.959. The molecule has 0 atom stereocenters. The van der Waals surface area contributed by atoms with Crippen molar-refractivity contribution in [3.63, 3.8) is 0 Å². The Labute approximate surface area is 83.6 Å². The van der Waals surface area contributed by atoms with Gasteiger partial charge in [0, 0.05) is 5.56 Å². The number of nitrogens with zero attached hydrogens (tertiary/aromatic N) is 2. The molecule has 0 fully saturated rings. The zero-order valence-corrected chi connectivity index (χ0v) is 8.11. The topological polar surface area (TPSA) is 24.7 Å². The van der Waals surface area contributed by atoms with Crippen LogP contribution in [0, 0.1) is 30.2 Å². The summed E-state index contributed by atoms with van der Waals surface area (Å²) in [5, 5.41) is 6.37. The van der Waals surface area contributed by atoms with Gasteiger partial charge in [0.05, 0.1) is 6.54 Å². The first kappa shape index (κ1) is 11.6. The lowest BCUT2D eigenvalue weighted by atomic mass is 10.2. The fourth-order valence-corrected chi connectivity index (χ4v) is 0.959. The predicted molar refractivity (Wildman–Crippen MR) is 46.1 cm³/mol. The molecule has 0 unspecified atom stereocenters. The van der Waals surface area contributed by atoms with Gasteiger partial charge in [-0.2, -0.15) is 5.11 Å². The molecule has 0 spiro atoms. The molecule has 15 heavy (non-hydrogen) atoms. The summed E-state index contributed by atoms with van der Waals surface area (Å²) in [6, 6.07) is 0. The molecular formula is C9H8F4N2. The van der Waals surface area contributed by atoms with Crippen molar-refractivity contribution in [2.45, 2.75) is 13.8 Å². The Kier molecular flexibility index (Phi) is 3.39. The zero-order valence-electron chi connectivity index (χ0n) is 8.11. The first-order valence-electron chi connectivity index (χ1n) is 4.20. The first-order chi connectivity index (χ1) is 7.00. The lowest BCUT2D eigenvalue weighted by Gasteiger charge is -2.04. The largest absolute Gasteiger partial charge is 0.203 e. The maximum absolute atomic E-state index is 13.1. The molecule has 6 heteroatoms. The molecule has 0 aliphatic carbocycles. The van der Waals surface area contributed by atoms with Gasteiger partial charge in [-0.05, 0) is 13.8 Å². The van der Waals surface area contributed by atoms with E-state index in [0.29, 0.717) is 0 Å². The third-order valence-corrected chi connectivity index (χ3v) is 1.77. The minimum atomic E-state index is -1.52. The summed E-state index contributed by atoms with van der Waals surface area (Å²) in [7, 11) is 0. The normalized spacial score (nSPS) is 11.3. The van der Waals surface area contributed by atoms with Crippen molar-refractivity contribution in [1.82, 2.24) is 0 Å². The van der Waals surface area contributed by atoms with Crippen LogP contribution in [0.15, 0.2) is 10.2 Å². The highest BCUT2D eigenvalue weighted by Crippen LogP contribution is 2.29. The van der Waals surface area contributed by atoms with Crippen molar-refractivity contribution in [3.8, 4) is 0 Å². The van der Waals surface area contributed by atoms with Crippen LogP contribution in [0.2, 0.25) is 0 Å². The fraction of sp³-hybridized carbons (Fsp3) is 0.333. The molecule has 2 nitrogen and oxygen atoms in total. The average Bonchev–Trinajstić information content (AvgIpc) is 2.24. The maximum Gasteiger partial charge on any atom is 0.189 e. The minimum Gasteiger partial charge on any atom is -0.203 e. The lowest BCUT2D eigenvalue weighted by Crippen LogP contribution is -1.99. The minimum absolute atomic E-state index is 0.163. The number of benzene rings is 1. The number of halogens is 4. The van der Waals surface area contributed by atoms with Crippen molar-refractivity contribution in [2.75, 3.05) is 6.54 Å². The number of hydrogen-bond donors (Lipinski definition) is 0.